The van der Waals surface area contributed by atoms with Crippen LogP contribution in [0.15, 0.2) is 60.7 Å². The largest absolute Gasteiger partial charge is 0.355 e. The Kier molecular flexibility index (Phi) is 4.92. The van der Waals surface area contributed by atoms with Crippen LogP contribution in [0.1, 0.15) is 68.7 Å². The van der Waals surface area contributed by atoms with Gasteiger partial charge in [0.25, 0.3) is 0 Å². The number of fused-ring (bicyclic) bond motifs is 3. The van der Waals surface area contributed by atoms with Crippen LogP contribution in [0.3, 0.4) is 0 Å². The van der Waals surface area contributed by atoms with E-state index in [0.29, 0.717) is 5.92 Å². The van der Waals surface area contributed by atoms with E-state index in [1.165, 1.54) is 33.5 Å². The molecule has 1 N–H and O–H groups in total. The third kappa shape index (κ3) is 3.02. The van der Waals surface area contributed by atoms with Crippen molar-refractivity contribution in [2.45, 2.75) is 51.9 Å². The van der Waals surface area contributed by atoms with Gasteiger partial charge < -0.3 is 5.32 Å². The maximum atomic E-state index is 9.42. The van der Waals surface area contributed by atoms with Crippen molar-refractivity contribution >= 4 is 11.4 Å². The lowest BCUT2D eigenvalue weighted by atomic mass is 9.73. The first-order valence-corrected chi connectivity index (χ1v) is 10.6. The molecule has 0 heterocycles. The number of nitriles is 1. The minimum atomic E-state index is -0.0349. The van der Waals surface area contributed by atoms with Crippen LogP contribution in [0.4, 0.5) is 11.4 Å². The molecule has 0 saturated heterocycles. The highest BCUT2D eigenvalue weighted by atomic mass is 14.9. The predicted molar refractivity (Wildman–Crippen MR) is 122 cm³/mol. The van der Waals surface area contributed by atoms with E-state index in [9.17, 15) is 5.26 Å². The van der Waals surface area contributed by atoms with Gasteiger partial charge in [0.05, 0.1) is 11.6 Å². The summed E-state index contributed by atoms with van der Waals surface area (Å²) in [7, 11) is 0. The highest BCUT2D eigenvalue weighted by molar-refractivity contribution is 5.84. The van der Waals surface area contributed by atoms with Gasteiger partial charge >= 0.3 is 0 Å². The van der Waals surface area contributed by atoms with Crippen LogP contribution >= 0.6 is 0 Å². The summed E-state index contributed by atoms with van der Waals surface area (Å²) in [5.74, 6) is 0.465. The first-order chi connectivity index (χ1) is 14.0. The Bertz CT molecular complexity index is 1100. The Balaban J connectivity index is 1.82. The number of para-hydroxylation sites is 1. The molecule has 4 rings (SSSR count). The molecule has 0 aromatic heterocycles. The van der Waals surface area contributed by atoms with Gasteiger partial charge in [-0.05, 0) is 76.9 Å². The van der Waals surface area contributed by atoms with E-state index in [4.69, 9.17) is 0 Å². The molecule has 2 nitrogen and oxygen atoms in total. The van der Waals surface area contributed by atoms with Crippen molar-refractivity contribution in [2.75, 3.05) is 5.32 Å². The molecule has 0 bridgehead atoms. The molecule has 146 valence electrons. The molecule has 0 spiro atoms. The topological polar surface area (TPSA) is 35.8 Å². The Hall–Kier alpha value is -3.05. The van der Waals surface area contributed by atoms with Crippen molar-refractivity contribution in [2.24, 2.45) is 0 Å². The molecule has 0 amide bonds. The summed E-state index contributed by atoms with van der Waals surface area (Å²) >= 11 is 0. The van der Waals surface area contributed by atoms with Crippen LogP contribution in [0, 0.1) is 11.3 Å². The fourth-order valence-corrected chi connectivity index (χ4v) is 4.92. The van der Waals surface area contributed by atoms with Gasteiger partial charge in [-0.25, -0.2) is 0 Å². The molecular formula is C27H28N2. The molecule has 1 aliphatic rings. The maximum Gasteiger partial charge on any atom is 0.0991 e. The second kappa shape index (κ2) is 7.41. The van der Waals surface area contributed by atoms with E-state index in [1.54, 1.807) is 0 Å². The molecule has 0 unspecified atom stereocenters. The van der Waals surface area contributed by atoms with Gasteiger partial charge in [-0.1, -0.05) is 58.0 Å². The Morgan fingerprint density at radius 1 is 0.897 bits per heavy atom. The van der Waals surface area contributed by atoms with E-state index in [-0.39, 0.29) is 5.41 Å². The lowest BCUT2D eigenvalue weighted by molar-refractivity contribution is 0.490. The van der Waals surface area contributed by atoms with Gasteiger partial charge in [-0.15, -0.1) is 0 Å². The number of hydrogen-bond acceptors (Lipinski definition) is 2. The average Bonchev–Trinajstić information content (AvgIpc) is 3.02. The molecule has 0 fully saturated rings. The van der Waals surface area contributed by atoms with E-state index in [0.717, 1.165) is 24.1 Å². The fraction of sp³-hybridized carbons (Fsp3) is 0.296. The first kappa shape index (κ1) is 19.3. The van der Waals surface area contributed by atoms with Crippen molar-refractivity contribution in [1.82, 2.24) is 0 Å². The number of rotatable bonds is 5. The molecule has 0 radical (unpaired) electrons. The van der Waals surface area contributed by atoms with Crippen molar-refractivity contribution in [3.8, 4) is 17.2 Å². The van der Waals surface area contributed by atoms with Crippen LogP contribution in [-0.2, 0) is 5.41 Å². The molecule has 0 aliphatic heterocycles. The third-order valence-corrected chi connectivity index (χ3v) is 6.56. The van der Waals surface area contributed by atoms with Gasteiger partial charge in [-0.2, -0.15) is 5.26 Å². The third-order valence-electron chi connectivity index (χ3n) is 6.56. The van der Waals surface area contributed by atoms with Crippen LogP contribution in [-0.4, -0.2) is 0 Å². The zero-order chi connectivity index (χ0) is 20.6. The minimum Gasteiger partial charge on any atom is -0.355 e. The monoisotopic (exact) mass is 380 g/mol. The Morgan fingerprint density at radius 3 is 2.21 bits per heavy atom. The standard InChI is InChI=1S/C27H28N2/c1-5-27(6-2)24-15-19(17-28)11-13-22(24)23-14-12-20(16-25(23)27)29-26-10-8-7-9-21(26)18(3)4/h7-16,18,29H,5-6H2,1-4H3. The maximum absolute atomic E-state index is 9.42. The van der Waals surface area contributed by atoms with Crippen molar-refractivity contribution < 1.29 is 0 Å². The Morgan fingerprint density at radius 2 is 1.55 bits per heavy atom. The Labute approximate surface area is 174 Å². The van der Waals surface area contributed by atoms with Gasteiger partial charge in [0.1, 0.15) is 0 Å². The van der Waals surface area contributed by atoms with Crippen LogP contribution in [0.5, 0.6) is 0 Å². The second-order valence-electron chi connectivity index (χ2n) is 8.29. The molecular weight excluding hydrogens is 352 g/mol. The molecule has 3 aromatic carbocycles. The van der Waals surface area contributed by atoms with Crippen LogP contribution in [0.2, 0.25) is 0 Å². The summed E-state index contributed by atoms with van der Waals surface area (Å²) in [5.41, 5.74) is 9.58. The van der Waals surface area contributed by atoms with Gasteiger partial charge in [0.2, 0.25) is 0 Å². The molecule has 3 aromatic rings. The lowest BCUT2D eigenvalue weighted by Gasteiger charge is -2.30. The predicted octanol–water partition coefficient (Wildman–Crippen LogP) is 7.51. The minimum absolute atomic E-state index is 0.0349. The number of benzene rings is 3. The normalized spacial score (nSPS) is 13.7. The molecule has 29 heavy (non-hydrogen) atoms. The SMILES string of the molecule is CCC1(CC)c2cc(C#N)ccc2-c2ccc(Nc3ccccc3C(C)C)cc21. The van der Waals surface area contributed by atoms with Gasteiger partial charge in [-0.3, -0.25) is 0 Å². The van der Waals surface area contributed by atoms with Gasteiger partial charge in [0.15, 0.2) is 0 Å². The zero-order valence-electron chi connectivity index (χ0n) is 17.7. The van der Waals surface area contributed by atoms with Crippen LogP contribution < -0.4 is 5.32 Å². The van der Waals surface area contributed by atoms with Gasteiger partial charge in [0, 0.05) is 16.8 Å². The number of nitrogens with one attached hydrogen (secondary N) is 1. The van der Waals surface area contributed by atoms with Crippen molar-refractivity contribution in [3.05, 3.63) is 82.9 Å². The lowest BCUT2D eigenvalue weighted by Crippen LogP contribution is -2.23. The van der Waals surface area contributed by atoms with E-state index < -0.39 is 0 Å². The highest BCUT2D eigenvalue weighted by Gasteiger charge is 2.40. The number of hydrogen-bond donors (Lipinski definition) is 1. The summed E-state index contributed by atoms with van der Waals surface area (Å²) in [5, 5.41) is 13.1. The van der Waals surface area contributed by atoms with Crippen LogP contribution in [0.25, 0.3) is 11.1 Å². The van der Waals surface area contributed by atoms with Crippen molar-refractivity contribution in [1.29, 1.82) is 5.26 Å². The zero-order valence-corrected chi connectivity index (χ0v) is 17.7. The molecule has 0 saturated carbocycles. The first-order valence-electron chi connectivity index (χ1n) is 10.6. The summed E-state index contributed by atoms with van der Waals surface area (Å²) in [6.07, 6.45) is 2.04. The van der Waals surface area contributed by atoms with Crippen molar-refractivity contribution in [3.63, 3.8) is 0 Å². The summed E-state index contributed by atoms with van der Waals surface area (Å²) in [6, 6.07) is 23.8. The number of anilines is 2. The summed E-state index contributed by atoms with van der Waals surface area (Å²) in [4.78, 5) is 0. The molecule has 2 heteroatoms. The summed E-state index contributed by atoms with van der Waals surface area (Å²) < 4.78 is 0. The number of nitrogens with zero attached hydrogens (tertiary/aromatic N) is 1. The quantitative estimate of drug-likeness (QED) is 0.497. The average molecular weight is 381 g/mol. The fourth-order valence-electron chi connectivity index (χ4n) is 4.92. The van der Waals surface area contributed by atoms with E-state index in [2.05, 4.69) is 93.7 Å². The van der Waals surface area contributed by atoms with E-state index >= 15 is 0 Å². The smallest absolute Gasteiger partial charge is 0.0991 e. The molecule has 1 aliphatic carbocycles. The molecule has 0 atom stereocenters. The van der Waals surface area contributed by atoms with E-state index in [1.807, 2.05) is 6.07 Å². The second-order valence-corrected chi connectivity index (χ2v) is 8.29. The highest BCUT2D eigenvalue weighted by Crippen LogP contribution is 2.53. The summed E-state index contributed by atoms with van der Waals surface area (Å²) in [6.45, 7) is 8.98.